The number of hydrogen-bond acceptors (Lipinski definition) is 4. The van der Waals surface area contributed by atoms with Gasteiger partial charge in [0, 0.05) is 51.4 Å². The number of amides is 1. The summed E-state index contributed by atoms with van der Waals surface area (Å²) in [4.78, 5) is 16.9. The van der Waals surface area contributed by atoms with Crippen LogP contribution in [-0.4, -0.2) is 43.5 Å². The predicted octanol–water partition coefficient (Wildman–Crippen LogP) is 3.34. The van der Waals surface area contributed by atoms with Gasteiger partial charge >= 0.3 is 0 Å². The fourth-order valence-corrected chi connectivity index (χ4v) is 3.95. The van der Waals surface area contributed by atoms with Crippen LogP contribution in [-0.2, 0) is 19.6 Å². The Kier molecular flexibility index (Phi) is 8.92. The van der Waals surface area contributed by atoms with E-state index < -0.39 is 0 Å². The molecule has 2 heterocycles. The zero-order chi connectivity index (χ0) is 19.5. The zero-order valence-electron chi connectivity index (χ0n) is 17.1. The number of benzene rings is 2. The summed E-state index contributed by atoms with van der Waals surface area (Å²) in [6.07, 6.45) is 0. The molecule has 0 atom stereocenters. The van der Waals surface area contributed by atoms with Gasteiger partial charge in [-0.05, 0) is 41.4 Å². The Balaban J connectivity index is 0.00000160. The van der Waals surface area contributed by atoms with Crippen LogP contribution in [0.1, 0.15) is 34.0 Å². The Labute approximate surface area is 189 Å². The number of carbonyl (C=O) groups is 1. The highest BCUT2D eigenvalue weighted by Crippen LogP contribution is 2.22. The Morgan fingerprint density at radius 1 is 1.03 bits per heavy atom. The first-order chi connectivity index (χ1) is 13.6. The Bertz CT molecular complexity index is 872. The molecule has 2 aliphatic rings. The molecule has 1 fully saturated rings. The maximum Gasteiger partial charge on any atom is 0.251 e. The van der Waals surface area contributed by atoms with E-state index in [0.29, 0.717) is 17.8 Å². The van der Waals surface area contributed by atoms with E-state index >= 15 is 0 Å². The summed E-state index contributed by atoms with van der Waals surface area (Å²) in [7, 11) is 0. The maximum atomic E-state index is 14.6. The smallest absolute Gasteiger partial charge is 0.251 e. The second kappa shape index (κ2) is 11.0. The molecule has 0 aliphatic carbocycles. The van der Waals surface area contributed by atoms with Crippen LogP contribution in [0.4, 0.5) is 10.1 Å². The fraction of sp³-hybridized carbons (Fsp3) is 0.409. The van der Waals surface area contributed by atoms with Gasteiger partial charge in [0.25, 0.3) is 5.91 Å². The van der Waals surface area contributed by atoms with Crippen LogP contribution < -0.4 is 15.5 Å². The molecule has 2 aromatic rings. The van der Waals surface area contributed by atoms with Crippen molar-refractivity contribution in [2.75, 3.05) is 37.6 Å². The van der Waals surface area contributed by atoms with Crippen molar-refractivity contribution in [3.63, 3.8) is 0 Å². The van der Waals surface area contributed by atoms with Gasteiger partial charge in [-0.15, -0.1) is 24.8 Å². The number of carbonyl (C=O) groups excluding carboxylic acids is 1. The third-order valence-corrected chi connectivity index (χ3v) is 5.72. The quantitative estimate of drug-likeness (QED) is 0.726. The second-order valence-corrected chi connectivity index (χ2v) is 7.48. The third kappa shape index (κ3) is 5.43. The van der Waals surface area contributed by atoms with Crippen molar-refractivity contribution < 1.29 is 9.18 Å². The van der Waals surface area contributed by atoms with E-state index in [0.717, 1.165) is 51.4 Å². The lowest BCUT2D eigenvalue weighted by Crippen LogP contribution is -2.46. The van der Waals surface area contributed by atoms with E-state index in [1.165, 1.54) is 17.2 Å². The summed E-state index contributed by atoms with van der Waals surface area (Å²) >= 11 is 0. The van der Waals surface area contributed by atoms with Gasteiger partial charge in [0.05, 0.1) is 5.69 Å². The monoisotopic (exact) mass is 454 g/mol. The number of halogens is 3. The molecular weight excluding hydrogens is 426 g/mol. The summed E-state index contributed by atoms with van der Waals surface area (Å²) in [6, 6.07) is 11.0. The van der Waals surface area contributed by atoms with Crippen LogP contribution in [0.5, 0.6) is 0 Å². The number of piperazine rings is 1. The largest absolute Gasteiger partial charge is 0.367 e. The van der Waals surface area contributed by atoms with Crippen molar-refractivity contribution in [2.45, 2.75) is 26.6 Å². The van der Waals surface area contributed by atoms with Crippen LogP contribution in [0.25, 0.3) is 0 Å². The van der Waals surface area contributed by atoms with Gasteiger partial charge in [0.1, 0.15) is 5.82 Å². The van der Waals surface area contributed by atoms with E-state index in [1.54, 1.807) is 12.1 Å². The molecule has 0 radical (unpaired) electrons. The topological polar surface area (TPSA) is 47.6 Å². The molecule has 4 rings (SSSR count). The molecule has 1 amide bonds. The number of likely N-dealkylation sites (N-methyl/N-ethyl adjacent to an activating group) is 1. The molecule has 164 valence electrons. The molecule has 2 aromatic carbocycles. The SMILES string of the molecule is CCN1CCN(c2ccc(C(=O)NCc3ccc4c(c3)CNC4)cc2F)CC1.Cl.Cl. The molecule has 1 saturated heterocycles. The molecule has 0 aromatic heterocycles. The third-order valence-electron chi connectivity index (χ3n) is 5.72. The summed E-state index contributed by atoms with van der Waals surface area (Å²) in [6.45, 7) is 8.88. The van der Waals surface area contributed by atoms with Gasteiger partial charge in [-0.25, -0.2) is 4.39 Å². The molecule has 0 saturated carbocycles. The molecule has 0 bridgehead atoms. The van der Waals surface area contributed by atoms with Crippen molar-refractivity contribution in [1.29, 1.82) is 0 Å². The standard InChI is InChI=1S/C22H27FN4O.2ClH/c1-2-26-7-9-27(10-8-26)21-6-5-17(12-20(21)23)22(28)25-13-16-3-4-18-14-24-15-19(18)11-16;;/h3-6,11-12,24H,2,7-10,13-15H2,1H3,(H,25,28);2*1H. The van der Waals surface area contributed by atoms with Crippen LogP contribution in [0, 0.1) is 5.82 Å². The van der Waals surface area contributed by atoms with Gasteiger partial charge in [-0.3, -0.25) is 4.79 Å². The summed E-state index contributed by atoms with van der Waals surface area (Å²) < 4.78 is 14.6. The zero-order valence-corrected chi connectivity index (χ0v) is 18.8. The van der Waals surface area contributed by atoms with Crippen LogP contribution in [0.15, 0.2) is 36.4 Å². The molecule has 30 heavy (non-hydrogen) atoms. The number of nitrogens with one attached hydrogen (secondary N) is 2. The predicted molar refractivity (Wildman–Crippen MR) is 123 cm³/mol. The minimum absolute atomic E-state index is 0. The molecule has 2 N–H and O–H groups in total. The van der Waals surface area contributed by atoms with Gasteiger partial charge in [0.15, 0.2) is 0 Å². The summed E-state index contributed by atoms with van der Waals surface area (Å²) in [5.41, 5.74) is 4.59. The minimum Gasteiger partial charge on any atom is -0.367 e. The Morgan fingerprint density at radius 2 is 1.77 bits per heavy atom. The Hall–Kier alpha value is -1.86. The lowest BCUT2D eigenvalue weighted by atomic mass is 10.1. The average Bonchev–Trinajstić information content (AvgIpc) is 3.20. The minimum atomic E-state index is -0.332. The van der Waals surface area contributed by atoms with Crippen molar-refractivity contribution in [2.24, 2.45) is 0 Å². The van der Waals surface area contributed by atoms with E-state index in [4.69, 9.17) is 0 Å². The lowest BCUT2D eigenvalue weighted by Gasteiger charge is -2.35. The molecule has 5 nitrogen and oxygen atoms in total. The maximum absolute atomic E-state index is 14.6. The number of hydrogen-bond donors (Lipinski definition) is 2. The fourth-order valence-electron chi connectivity index (χ4n) is 3.95. The molecule has 0 spiro atoms. The van der Waals surface area contributed by atoms with E-state index in [1.807, 2.05) is 6.07 Å². The van der Waals surface area contributed by atoms with E-state index in [9.17, 15) is 9.18 Å². The molecular formula is C22H29Cl2FN4O. The first-order valence-corrected chi connectivity index (χ1v) is 10.0. The van der Waals surface area contributed by atoms with Crippen molar-refractivity contribution in [1.82, 2.24) is 15.5 Å². The van der Waals surface area contributed by atoms with E-state index in [2.05, 4.69) is 39.5 Å². The highest BCUT2D eigenvalue weighted by atomic mass is 35.5. The van der Waals surface area contributed by atoms with Crippen molar-refractivity contribution >= 4 is 36.4 Å². The van der Waals surface area contributed by atoms with E-state index in [-0.39, 0.29) is 36.5 Å². The van der Waals surface area contributed by atoms with Crippen LogP contribution >= 0.6 is 24.8 Å². The van der Waals surface area contributed by atoms with Crippen molar-refractivity contribution in [3.8, 4) is 0 Å². The molecule has 0 unspecified atom stereocenters. The average molecular weight is 455 g/mol. The number of fused-ring (bicyclic) bond motifs is 1. The van der Waals surface area contributed by atoms with Crippen molar-refractivity contribution in [3.05, 3.63) is 64.5 Å². The lowest BCUT2D eigenvalue weighted by molar-refractivity contribution is 0.0950. The van der Waals surface area contributed by atoms with Gasteiger partial charge in [-0.2, -0.15) is 0 Å². The first kappa shape index (κ1) is 24.4. The number of nitrogens with zero attached hydrogens (tertiary/aromatic N) is 2. The summed E-state index contributed by atoms with van der Waals surface area (Å²) in [5.74, 6) is -0.582. The highest BCUT2D eigenvalue weighted by molar-refractivity contribution is 5.94. The number of anilines is 1. The van der Waals surface area contributed by atoms with Gasteiger partial charge in [0.2, 0.25) is 0 Å². The van der Waals surface area contributed by atoms with Gasteiger partial charge < -0.3 is 20.4 Å². The highest BCUT2D eigenvalue weighted by Gasteiger charge is 2.19. The summed E-state index contributed by atoms with van der Waals surface area (Å²) in [5, 5.41) is 6.21. The second-order valence-electron chi connectivity index (χ2n) is 7.48. The first-order valence-electron chi connectivity index (χ1n) is 10.0. The number of rotatable bonds is 5. The molecule has 8 heteroatoms. The van der Waals surface area contributed by atoms with Gasteiger partial charge in [-0.1, -0.05) is 25.1 Å². The molecule has 2 aliphatic heterocycles. The normalized spacial score (nSPS) is 15.7. The van der Waals surface area contributed by atoms with Crippen LogP contribution in [0.3, 0.4) is 0 Å². The Morgan fingerprint density at radius 3 is 2.47 bits per heavy atom. The van der Waals surface area contributed by atoms with Crippen LogP contribution in [0.2, 0.25) is 0 Å².